The van der Waals surface area contributed by atoms with Crippen LogP contribution in [-0.4, -0.2) is 14.6 Å². The summed E-state index contributed by atoms with van der Waals surface area (Å²) < 4.78 is 1.41. The predicted molar refractivity (Wildman–Crippen MR) is 45.6 cm³/mol. The predicted octanol–water partition coefficient (Wildman–Crippen LogP) is 0.984. The summed E-state index contributed by atoms with van der Waals surface area (Å²) in [5, 5.41) is 4.44. The van der Waals surface area contributed by atoms with Crippen molar-refractivity contribution < 1.29 is 0 Å². The third kappa shape index (κ3) is 0.921. The zero-order valence-corrected chi connectivity index (χ0v) is 7.09. The molecule has 12 heavy (non-hydrogen) atoms. The maximum absolute atomic E-state index is 11.2. The number of nitrogens with zero attached hydrogens (tertiary/aromatic N) is 2. The van der Waals surface area contributed by atoms with Gasteiger partial charge in [0.25, 0.3) is 5.56 Å². The van der Waals surface area contributed by atoms with Crippen LogP contribution in [0.15, 0.2) is 17.1 Å². The molecule has 62 valence electrons. The van der Waals surface area contributed by atoms with Gasteiger partial charge < -0.3 is 4.98 Å². The largest absolute Gasteiger partial charge is 0.324 e. The van der Waals surface area contributed by atoms with Crippen LogP contribution in [0.4, 0.5) is 0 Å². The molecular weight excluding hydrogens is 178 g/mol. The van der Waals surface area contributed by atoms with Gasteiger partial charge in [-0.1, -0.05) is 11.6 Å². The first-order valence-corrected chi connectivity index (χ1v) is 3.80. The molecule has 2 aromatic heterocycles. The number of halogens is 1. The number of rotatable bonds is 0. The maximum atomic E-state index is 11.2. The third-order valence-corrected chi connectivity index (χ3v) is 1.86. The molecule has 2 aromatic rings. The molecule has 1 N–H and O–H groups in total. The van der Waals surface area contributed by atoms with Crippen LogP contribution in [0.2, 0.25) is 5.15 Å². The first-order chi connectivity index (χ1) is 5.68. The molecule has 0 saturated carbocycles. The van der Waals surface area contributed by atoms with Crippen LogP contribution >= 0.6 is 11.6 Å². The van der Waals surface area contributed by atoms with Gasteiger partial charge in [-0.15, -0.1) is 0 Å². The summed E-state index contributed by atoms with van der Waals surface area (Å²) in [6.45, 7) is 1.81. The van der Waals surface area contributed by atoms with Gasteiger partial charge in [0, 0.05) is 6.20 Å². The second kappa shape index (κ2) is 2.35. The first kappa shape index (κ1) is 7.36. The maximum Gasteiger partial charge on any atom is 0.274 e. The molecule has 0 atom stereocenters. The van der Waals surface area contributed by atoms with Crippen LogP contribution in [0.3, 0.4) is 0 Å². The number of hydrogen-bond donors (Lipinski definition) is 1. The van der Waals surface area contributed by atoms with Crippen molar-refractivity contribution in [3.05, 3.63) is 33.5 Å². The lowest BCUT2D eigenvalue weighted by Gasteiger charge is -1.93. The Balaban J connectivity index is 3.03. The number of fused-ring (bicyclic) bond motifs is 1. The standard InChI is InChI=1S/C7H6ClN3O/c1-4-2-5-7(12)9-3-6(8)11(5)10-4/h2-3H,1H3,(H,9,12). The second-order valence-electron chi connectivity index (χ2n) is 2.52. The topological polar surface area (TPSA) is 50.2 Å². The van der Waals surface area contributed by atoms with Crippen LogP contribution in [0.1, 0.15) is 5.69 Å². The van der Waals surface area contributed by atoms with E-state index in [-0.39, 0.29) is 5.56 Å². The van der Waals surface area contributed by atoms with Gasteiger partial charge in [0.2, 0.25) is 0 Å². The van der Waals surface area contributed by atoms with Crippen molar-refractivity contribution in [2.24, 2.45) is 0 Å². The fourth-order valence-corrected chi connectivity index (χ4v) is 1.27. The number of hydrogen-bond acceptors (Lipinski definition) is 2. The molecule has 2 rings (SSSR count). The van der Waals surface area contributed by atoms with Crippen LogP contribution in [0.25, 0.3) is 5.52 Å². The summed E-state index contributed by atoms with van der Waals surface area (Å²) in [5.74, 6) is 0. The number of nitrogens with one attached hydrogen (secondary N) is 1. The molecule has 0 radical (unpaired) electrons. The minimum atomic E-state index is -0.181. The van der Waals surface area contributed by atoms with Gasteiger partial charge in [0.15, 0.2) is 0 Å². The summed E-state index contributed by atoms with van der Waals surface area (Å²) in [5.41, 5.74) is 1.06. The van der Waals surface area contributed by atoms with E-state index in [0.29, 0.717) is 10.7 Å². The molecule has 4 nitrogen and oxygen atoms in total. The molecule has 0 fully saturated rings. The molecule has 5 heteroatoms. The zero-order chi connectivity index (χ0) is 8.72. The minimum Gasteiger partial charge on any atom is -0.324 e. The highest BCUT2D eigenvalue weighted by Crippen LogP contribution is 2.07. The summed E-state index contributed by atoms with van der Waals surface area (Å²) in [4.78, 5) is 13.7. The molecule has 0 saturated heterocycles. The van der Waals surface area contributed by atoms with Crippen molar-refractivity contribution in [3.63, 3.8) is 0 Å². The Morgan fingerprint density at radius 2 is 2.42 bits per heavy atom. The lowest BCUT2D eigenvalue weighted by molar-refractivity contribution is 0.915. The Kier molecular flexibility index (Phi) is 1.44. The Morgan fingerprint density at radius 3 is 3.08 bits per heavy atom. The molecule has 0 spiro atoms. The van der Waals surface area contributed by atoms with Gasteiger partial charge in [0.05, 0.1) is 5.69 Å². The van der Waals surface area contributed by atoms with Crippen LogP contribution < -0.4 is 5.56 Å². The molecule has 0 aromatic carbocycles. The summed E-state index contributed by atoms with van der Waals surface area (Å²) in [6.07, 6.45) is 1.42. The highest BCUT2D eigenvalue weighted by molar-refractivity contribution is 6.29. The molecule has 0 amide bonds. The fraction of sp³-hybridized carbons (Fsp3) is 0.143. The van der Waals surface area contributed by atoms with Crippen LogP contribution in [-0.2, 0) is 0 Å². The van der Waals surface area contributed by atoms with Crippen LogP contribution in [0.5, 0.6) is 0 Å². The Hall–Kier alpha value is -1.29. The van der Waals surface area contributed by atoms with E-state index >= 15 is 0 Å². The SMILES string of the molecule is Cc1cc2c(=O)[nH]cc(Cl)n2n1. The second-order valence-corrected chi connectivity index (χ2v) is 2.91. The smallest absolute Gasteiger partial charge is 0.274 e. The van der Waals surface area contributed by atoms with Crippen molar-refractivity contribution in [1.82, 2.24) is 14.6 Å². The summed E-state index contributed by atoms with van der Waals surface area (Å²) in [7, 11) is 0. The normalized spacial score (nSPS) is 10.8. The van der Waals surface area contributed by atoms with Gasteiger partial charge in [0.1, 0.15) is 10.7 Å². The van der Waals surface area contributed by atoms with E-state index in [4.69, 9.17) is 11.6 Å². The number of aryl methyl sites for hydroxylation is 1. The van der Waals surface area contributed by atoms with Crippen molar-refractivity contribution >= 4 is 17.1 Å². The van der Waals surface area contributed by atoms with Crippen molar-refractivity contribution in [1.29, 1.82) is 0 Å². The van der Waals surface area contributed by atoms with E-state index in [2.05, 4.69) is 10.1 Å². The molecule has 0 unspecified atom stereocenters. The average Bonchev–Trinajstić information content (AvgIpc) is 2.41. The van der Waals surface area contributed by atoms with Gasteiger partial charge in [-0.2, -0.15) is 5.10 Å². The van der Waals surface area contributed by atoms with Crippen molar-refractivity contribution in [2.75, 3.05) is 0 Å². The van der Waals surface area contributed by atoms with Crippen LogP contribution in [0, 0.1) is 6.92 Å². The van der Waals surface area contributed by atoms with E-state index in [1.54, 1.807) is 6.07 Å². The molecule has 0 bridgehead atoms. The zero-order valence-electron chi connectivity index (χ0n) is 6.34. The molecule has 0 aliphatic carbocycles. The third-order valence-electron chi connectivity index (χ3n) is 1.59. The van der Waals surface area contributed by atoms with Crippen molar-refractivity contribution in [2.45, 2.75) is 6.92 Å². The first-order valence-electron chi connectivity index (χ1n) is 3.42. The van der Waals surface area contributed by atoms with Crippen molar-refractivity contribution in [3.8, 4) is 0 Å². The molecule has 0 aliphatic rings. The molecule has 0 aliphatic heterocycles. The van der Waals surface area contributed by atoms with E-state index in [1.165, 1.54) is 10.7 Å². The average molecular weight is 184 g/mol. The minimum absolute atomic E-state index is 0.181. The number of aromatic nitrogens is 3. The Labute approximate surface area is 72.8 Å². The highest BCUT2D eigenvalue weighted by atomic mass is 35.5. The highest BCUT2D eigenvalue weighted by Gasteiger charge is 2.03. The molecular formula is C7H6ClN3O. The van der Waals surface area contributed by atoms with E-state index in [9.17, 15) is 4.79 Å². The Morgan fingerprint density at radius 1 is 1.67 bits per heavy atom. The fourth-order valence-electron chi connectivity index (χ4n) is 1.08. The van der Waals surface area contributed by atoms with E-state index in [1.807, 2.05) is 6.92 Å². The number of aromatic amines is 1. The lowest BCUT2D eigenvalue weighted by atomic mass is 10.4. The lowest BCUT2D eigenvalue weighted by Crippen LogP contribution is -2.08. The van der Waals surface area contributed by atoms with Gasteiger partial charge in [-0.3, -0.25) is 4.79 Å². The van der Waals surface area contributed by atoms with Gasteiger partial charge in [-0.05, 0) is 13.0 Å². The quantitative estimate of drug-likeness (QED) is 0.662. The number of H-pyrrole nitrogens is 1. The molecule has 2 heterocycles. The monoisotopic (exact) mass is 183 g/mol. The Bertz CT molecular complexity index is 485. The van der Waals surface area contributed by atoms with Gasteiger partial charge >= 0.3 is 0 Å². The van der Waals surface area contributed by atoms with Gasteiger partial charge in [-0.25, -0.2) is 4.52 Å². The summed E-state index contributed by atoms with van der Waals surface area (Å²) >= 11 is 5.77. The summed E-state index contributed by atoms with van der Waals surface area (Å²) in [6, 6.07) is 1.69. The van der Waals surface area contributed by atoms with E-state index < -0.39 is 0 Å². The van der Waals surface area contributed by atoms with E-state index in [0.717, 1.165) is 5.69 Å².